The Bertz CT molecular complexity index is 768. The molecule has 2 aromatic carbocycles. The van der Waals surface area contributed by atoms with Crippen molar-refractivity contribution in [2.45, 2.75) is 103 Å². The van der Waals surface area contributed by atoms with Crippen LogP contribution in [0.2, 0.25) is 0 Å². The molecular weight excluding hydrogens is 396 g/mol. The zero-order valence-electron chi connectivity index (χ0n) is 19.8. The second kappa shape index (κ2) is 14.0. The van der Waals surface area contributed by atoms with E-state index in [0.717, 1.165) is 35.5 Å². The van der Waals surface area contributed by atoms with Crippen molar-refractivity contribution in [3.05, 3.63) is 59.7 Å². The van der Waals surface area contributed by atoms with Gasteiger partial charge in [-0.15, -0.1) is 0 Å². The van der Waals surface area contributed by atoms with Crippen LogP contribution in [-0.2, 0) is 9.53 Å². The SMILES string of the molecule is CCCCCCCCCCCCCCCC(=O)OC1c2ccccc2Oc2ccccc21. The van der Waals surface area contributed by atoms with Crippen molar-refractivity contribution in [3.8, 4) is 11.5 Å². The van der Waals surface area contributed by atoms with Gasteiger partial charge in [0.1, 0.15) is 11.5 Å². The lowest BCUT2D eigenvalue weighted by Crippen LogP contribution is -2.17. The second-order valence-electron chi connectivity index (χ2n) is 9.04. The predicted octanol–water partition coefficient (Wildman–Crippen LogP) is 8.91. The number of unbranched alkanes of at least 4 members (excludes halogenated alkanes) is 12. The Kier molecular flexibility index (Phi) is 10.6. The van der Waals surface area contributed by atoms with Crippen LogP contribution in [0.4, 0.5) is 0 Å². The quantitative estimate of drug-likeness (QED) is 0.206. The highest BCUT2D eigenvalue weighted by atomic mass is 16.5. The van der Waals surface area contributed by atoms with E-state index < -0.39 is 0 Å². The molecule has 0 aliphatic carbocycles. The Morgan fingerprint density at radius 1 is 0.688 bits per heavy atom. The van der Waals surface area contributed by atoms with Crippen LogP contribution in [0.3, 0.4) is 0 Å². The summed E-state index contributed by atoms with van der Waals surface area (Å²) in [6.07, 6.45) is 17.0. The first kappa shape index (κ1) is 24.4. The number of esters is 1. The third-order valence-corrected chi connectivity index (χ3v) is 6.36. The van der Waals surface area contributed by atoms with Crippen molar-refractivity contribution in [2.24, 2.45) is 0 Å². The Hall–Kier alpha value is -2.29. The van der Waals surface area contributed by atoms with E-state index in [1.54, 1.807) is 0 Å². The Morgan fingerprint density at radius 3 is 1.62 bits per heavy atom. The largest absolute Gasteiger partial charge is 0.456 e. The van der Waals surface area contributed by atoms with Crippen LogP contribution in [-0.4, -0.2) is 5.97 Å². The molecule has 0 spiro atoms. The summed E-state index contributed by atoms with van der Waals surface area (Å²) in [6, 6.07) is 15.6. The number of carbonyl (C=O) groups is 1. The van der Waals surface area contributed by atoms with E-state index in [4.69, 9.17) is 9.47 Å². The van der Waals surface area contributed by atoms with E-state index in [9.17, 15) is 4.79 Å². The molecule has 0 N–H and O–H groups in total. The highest BCUT2D eigenvalue weighted by Gasteiger charge is 2.29. The first-order chi connectivity index (χ1) is 15.8. The zero-order valence-corrected chi connectivity index (χ0v) is 19.8. The smallest absolute Gasteiger partial charge is 0.306 e. The highest BCUT2D eigenvalue weighted by molar-refractivity contribution is 5.70. The molecule has 0 atom stereocenters. The average Bonchev–Trinajstić information content (AvgIpc) is 2.82. The predicted molar refractivity (Wildman–Crippen MR) is 131 cm³/mol. The zero-order chi connectivity index (χ0) is 22.4. The maximum Gasteiger partial charge on any atom is 0.306 e. The molecule has 0 amide bonds. The van der Waals surface area contributed by atoms with Crippen LogP contribution in [0.25, 0.3) is 0 Å². The maximum absolute atomic E-state index is 12.6. The Labute approximate surface area is 194 Å². The van der Waals surface area contributed by atoms with Crippen LogP contribution in [0.1, 0.15) is 114 Å². The van der Waals surface area contributed by atoms with Gasteiger partial charge < -0.3 is 9.47 Å². The van der Waals surface area contributed by atoms with Crippen molar-refractivity contribution >= 4 is 5.97 Å². The van der Waals surface area contributed by atoms with E-state index in [2.05, 4.69) is 6.92 Å². The van der Waals surface area contributed by atoms with Crippen molar-refractivity contribution < 1.29 is 14.3 Å². The van der Waals surface area contributed by atoms with Crippen LogP contribution in [0, 0.1) is 0 Å². The molecule has 1 heterocycles. The lowest BCUT2D eigenvalue weighted by Gasteiger charge is -2.27. The van der Waals surface area contributed by atoms with Crippen LogP contribution in [0.5, 0.6) is 11.5 Å². The molecule has 2 aromatic rings. The number of rotatable bonds is 15. The number of para-hydroxylation sites is 2. The number of ether oxygens (including phenoxy) is 2. The van der Waals surface area contributed by atoms with Crippen molar-refractivity contribution in [3.63, 3.8) is 0 Å². The number of hydrogen-bond acceptors (Lipinski definition) is 3. The third kappa shape index (κ3) is 7.69. The molecule has 174 valence electrons. The Balaban J connectivity index is 1.29. The summed E-state index contributed by atoms with van der Waals surface area (Å²) in [6.45, 7) is 2.27. The van der Waals surface area contributed by atoms with Gasteiger partial charge in [-0.05, 0) is 18.6 Å². The van der Waals surface area contributed by atoms with Gasteiger partial charge in [-0.2, -0.15) is 0 Å². The minimum absolute atomic E-state index is 0.121. The minimum atomic E-state index is -0.384. The second-order valence-corrected chi connectivity index (χ2v) is 9.04. The summed E-state index contributed by atoms with van der Waals surface area (Å²) in [5.41, 5.74) is 1.84. The van der Waals surface area contributed by atoms with Crippen molar-refractivity contribution in [1.82, 2.24) is 0 Å². The number of benzene rings is 2. The maximum atomic E-state index is 12.6. The van der Waals surface area contributed by atoms with E-state index in [0.29, 0.717) is 6.42 Å². The molecule has 1 aliphatic heterocycles. The highest BCUT2D eigenvalue weighted by Crippen LogP contribution is 2.44. The van der Waals surface area contributed by atoms with Crippen molar-refractivity contribution in [1.29, 1.82) is 0 Å². The summed E-state index contributed by atoms with van der Waals surface area (Å²) >= 11 is 0. The molecule has 0 saturated heterocycles. The van der Waals surface area contributed by atoms with E-state index in [1.165, 1.54) is 70.6 Å². The van der Waals surface area contributed by atoms with Gasteiger partial charge in [0.05, 0.1) is 0 Å². The van der Waals surface area contributed by atoms with Gasteiger partial charge in [0.25, 0.3) is 0 Å². The van der Waals surface area contributed by atoms with E-state index in [-0.39, 0.29) is 12.1 Å². The molecule has 0 bridgehead atoms. The first-order valence-electron chi connectivity index (χ1n) is 12.8. The topological polar surface area (TPSA) is 35.5 Å². The standard InChI is InChI=1S/C29H40O3/c1-2-3-4-5-6-7-8-9-10-11-12-13-14-23-28(30)32-29-24-19-15-17-21-26(24)31-27-22-18-16-20-25(27)29/h15-22,29H,2-14,23H2,1H3. The average molecular weight is 437 g/mol. The molecule has 0 unspecified atom stereocenters. The fourth-order valence-corrected chi connectivity index (χ4v) is 4.47. The fourth-order valence-electron chi connectivity index (χ4n) is 4.47. The van der Waals surface area contributed by atoms with Gasteiger partial charge in [-0.25, -0.2) is 0 Å². The van der Waals surface area contributed by atoms with Crippen LogP contribution < -0.4 is 4.74 Å². The van der Waals surface area contributed by atoms with Gasteiger partial charge in [0.2, 0.25) is 0 Å². The number of carbonyl (C=O) groups excluding carboxylic acids is 1. The summed E-state index contributed by atoms with van der Waals surface area (Å²) < 4.78 is 11.9. The molecule has 1 aliphatic rings. The van der Waals surface area contributed by atoms with Gasteiger partial charge in [0.15, 0.2) is 6.10 Å². The molecule has 0 aromatic heterocycles. The van der Waals surface area contributed by atoms with Gasteiger partial charge >= 0.3 is 5.97 Å². The molecule has 0 radical (unpaired) electrons. The number of fused-ring (bicyclic) bond motifs is 2. The minimum Gasteiger partial charge on any atom is -0.456 e. The van der Waals surface area contributed by atoms with E-state index in [1.807, 2.05) is 48.5 Å². The third-order valence-electron chi connectivity index (χ3n) is 6.36. The molecule has 0 saturated carbocycles. The summed E-state index contributed by atoms with van der Waals surface area (Å²) in [5, 5.41) is 0. The molecule has 3 heteroatoms. The molecule has 3 nitrogen and oxygen atoms in total. The normalized spacial score (nSPS) is 12.7. The summed E-state index contributed by atoms with van der Waals surface area (Å²) in [7, 11) is 0. The summed E-state index contributed by atoms with van der Waals surface area (Å²) in [4.78, 5) is 12.6. The molecule has 0 fully saturated rings. The summed E-state index contributed by atoms with van der Waals surface area (Å²) in [5.74, 6) is 1.42. The molecule has 3 rings (SSSR count). The molecule has 32 heavy (non-hydrogen) atoms. The Morgan fingerprint density at radius 2 is 1.12 bits per heavy atom. The van der Waals surface area contributed by atoms with Crippen molar-refractivity contribution in [2.75, 3.05) is 0 Å². The van der Waals surface area contributed by atoms with Crippen LogP contribution in [0.15, 0.2) is 48.5 Å². The first-order valence-corrected chi connectivity index (χ1v) is 12.8. The van der Waals surface area contributed by atoms with Gasteiger partial charge in [-0.1, -0.05) is 120 Å². The van der Waals surface area contributed by atoms with Gasteiger partial charge in [-0.3, -0.25) is 4.79 Å². The van der Waals surface area contributed by atoms with Crippen LogP contribution >= 0.6 is 0 Å². The lowest BCUT2D eigenvalue weighted by atomic mass is 9.97. The monoisotopic (exact) mass is 436 g/mol. The lowest BCUT2D eigenvalue weighted by molar-refractivity contribution is -0.147. The molecular formula is C29H40O3. The van der Waals surface area contributed by atoms with Gasteiger partial charge in [0, 0.05) is 17.5 Å². The number of hydrogen-bond donors (Lipinski definition) is 0. The fraction of sp³-hybridized carbons (Fsp3) is 0.552. The van der Waals surface area contributed by atoms with E-state index >= 15 is 0 Å².